The van der Waals surface area contributed by atoms with Crippen LogP contribution in [0.1, 0.15) is 22.3 Å². The van der Waals surface area contributed by atoms with Crippen LogP contribution in [0, 0.1) is 17.4 Å². The molecule has 0 aliphatic rings. The highest BCUT2D eigenvalue weighted by atomic mass is 127. The van der Waals surface area contributed by atoms with Crippen LogP contribution in [0.5, 0.6) is 0 Å². The van der Waals surface area contributed by atoms with Crippen molar-refractivity contribution in [3.63, 3.8) is 0 Å². The average molecular weight is 364 g/mol. The summed E-state index contributed by atoms with van der Waals surface area (Å²) in [6.07, 6.45) is -0.456. The number of carboxylic acid groups (broad SMARTS) is 2. The number of aryl methyl sites for hydroxylation is 1. The number of halogens is 1. The fraction of sp³-hybridized carbons (Fsp3) is 0.333. The zero-order chi connectivity index (χ0) is 13.9. The van der Waals surface area contributed by atoms with Crippen LogP contribution in [0.4, 0.5) is 0 Å². The van der Waals surface area contributed by atoms with Gasteiger partial charge < -0.3 is 10.2 Å². The van der Waals surface area contributed by atoms with Crippen LogP contribution in [0.3, 0.4) is 0 Å². The summed E-state index contributed by atoms with van der Waals surface area (Å²) >= 11 is -1.60. The van der Waals surface area contributed by atoms with Gasteiger partial charge in [-0.15, -0.1) is 0 Å². The third-order valence-electron chi connectivity index (χ3n) is 2.73. The van der Waals surface area contributed by atoms with Gasteiger partial charge >= 0.3 is 11.9 Å². The Kier molecular flexibility index (Phi) is 4.94. The standard InChI is InChI=1S/C12H13IO5/c1-6-3-8(4-10(14)15)12(13-18)9(7(6)2)5-11(16)17/h3H,4-5H2,1-2H3,(H,14,15)(H,16,17). The van der Waals surface area contributed by atoms with Crippen molar-refractivity contribution < 1.29 is 22.9 Å². The second-order valence-electron chi connectivity index (χ2n) is 3.99. The highest BCUT2D eigenvalue weighted by Crippen LogP contribution is 2.27. The van der Waals surface area contributed by atoms with Gasteiger partial charge in [-0.1, -0.05) is 6.07 Å². The zero-order valence-corrected chi connectivity index (χ0v) is 12.1. The molecule has 2 N–H and O–H groups in total. The molecule has 0 heterocycles. The lowest BCUT2D eigenvalue weighted by Crippen LogP contribution is -2.10. The summed E-state index contributed by atoms with van der Waals surface area (Å²) in [6.45, 7) is 3.56. The monoisotopic (exact) mass is 364 g/mol. The maximum atomic E-state index is 11.3. The zero-order valence-electron chi connectivity index (χ0n) is 9.99. The molecule has 0 saturated heterocycles. The molecule has 5 nitrogen and oxygen atoms in total. The fourth-order valence-corrected chi connectivity index (χ4v) is 3.27. The van der Waals surface area contributed by atoms with Crippen LogP contribution < -0.4 is 0 Å². The Bertz CT molecular complexity index is 522. The van der Waals surface area contributed by atoms with Gasteiger partial charge in [0, 0.05) is 0 Å². The lowest BCUT2D eigenvalue weighted by atomic mass is 9.96. The van der Waals surface area contributed by atoms with Crippen molar-refractivity contribution in [3.8, 4) is 0 Å². The van der Waals surface area contributed by atoms with Gasteiger partial charge in [-0.05, 0) is 36.1 Å². The summed E-state index contributed by atoms with van der Waals surface area (Å²) in [6, 6.07) is 1.68. The van der Waals surface area contributed by atoms with Gasteiger partial charge in [0.25, 0.3) is 0 Å². The molecule has 0 unspecified atom stereocenters. The molecule has 6 heteroatoms. The number of carbonyl (C=O) groups is 2. The van der Waals surface area contributed by atoms with E-state index in [1.165, 1.54) is 0 Å². The first-order chi connectivity index (χ1) is 8.36. The molecular weight excluding hydrogens is 351 g/mol. The van der Waals surface area contributed by atoms with E-state index in [1.807, 2.05) is 0 Å². The molecule has 0 aliphatic carbocycles. The third kappa shape index (κ3) is 3.34. The molecule has 0 radical (unpaired) electrons. The van der Waals surface area contributed by atoms with Crippen molar-refractivity contribution in [2.24, 2.45) is 0 Å². The Morgan fingerprint density at radius 1 is 1.17 bits per heavy atom. The molecule has 18 heavy (non-hydrogen) atoms. The predicted molar refractivity (Wildman–Crippen MR) is 72.0 cm³/mol. The topological polar surface area (TPSA) is 91.7 Å². The number of aliphatic carboxylic acids is 2. The lowest BCUT2D eigenvalue weighted by molar-refractivity contribution is -0.137. The van der Waals surface area contributed by atoms with E-state index in [2.05, 4.69) is 0 Å². The SMILES string of the molecule is Cc1cc(CC(=O)O)c(I=O)c(CC(=O)O)c1C. The smallest absolute Gasteiger partial charge is 0.307 e. The lowest BCUT2D eigenvalue weighted by Gasteiger charge is -2.13. The molecule has 0 bridgehead atoms. The Morgan fingerprint density at radius 3 is 2.17 bits per heavy atom. The number of rotatable bonds is 5. The molecule has 98 valence electrons. The molecule has 0 amide bonds. The summed E-state index contributed by atoms with van der Waals surface area (Å²) < 4.78 is 11.7. The molecule has 0 aliphatic heterocycles. The van der Waals surface area contributed by atoms with E-state index in [-0.39, 0.29) is 12.8 Å². The number of hydrogen-bond donors (Lipinski definition) is 2. The third-order valence-corrected chi connectivity index (χ3v) is 4.51. The minimum absolute atomic E-state index is 0.225. The maximum absolute atomic E-state index is 11.3. The summed E-state index contributed by atoms with van der Waals surface area (Å²) in [7, 11) is 0. The summed E-state index contributed by atoms with van der Waals surface area (Å²) in [4.78, 5) is 21.6. The molecule has 1 aromatic carbocycles. The first-order valence-electron chi connectivity index (χ1n) is 5.19. The molecule has 0 saturated carbocycles. The molecule has 0 spiro atoms. The van der Waals surface area contributed by atoms with Crippen LogP contribution in [-0.2, 0) is 25.5 Å². The molecule has 0 aromatic heterocycles. The van der Waals surface area contributed by atoms with Crippen molar-refractivity contribution >= 4 is 33.1 Å². The first kappa shape index (κ1) is 14.7. The van der Waals surface area contributed by atoms with Crippen LogP contribution in [-0.4, -0.2) is 22.2 Å². The van der Waals surface area contributed by atoms with Gasteiger partial charge in [0.2, 0.25) is 0 Å². The number of hydrogen-bond acceptors (Lipinski definition) is 3. The highest BCUT2D eigenvalue weighted by molar-refractivity contribution is 14.1. The minimum Gasteiger partial charge on any atom is -0.481 e. The second kappa shape index (κ2) is 6.03. The first-order valence-corrected chi connectivity index (χ1v) is 7.15. The largest absolute Gasteiger partial charge is 0.481 e. The summed E-state index contributed by atoms with van der Waals surface area (Å²) in [5, 5.41) is 17.7. The Labute approximate surface area is 114 Å². The van der Waals surface area contributed by atoms with Crippen LogP contribution >= 0.6 is 21.2 Å². The van der Waals surface area contributed by atoms with Crippen LogP contribution in [0.15, 0.2) is 6.07 Å². The van der Waals surface area contributed by atoms with E-state index in [9.17, 15) is 12.7 Å². The number of benzene rings is 1. The van der Waals surface area contributed by atoms with Crippen LogP contribution in [0.2, 0.25) is 0 Å². The number of carboxylic acids is 2. The van der Waals surface area contributed by atoms with E-state index in [0.717, 1.165) is 11.1 Å². The van der Waals surface area contributed by atoms with Gasteiger partial charge in [-0.3, -0.25) is 12.7 Å². The molecule has 1 rings (SSSR count). The molecule has 0 fully saturated rings. The van der Waals surface area contributed by atoms with Crippen molar-refractivity contribution in [3.05, 3.63) is 31.9 Å². The quantitative estimate of drug-likeness (QED) is 0.781. The Morgan fingerprint density at radius 2 is 1.72 bits per heavy atom. The molecular formula is C12H13IO5. The summed E-state index contributed by atoms with van der Waals surface area (Å²) in [5.74, 6) is -2.03. The van der Waals surface area contributed by atoms with E-state index in [4.69, 9.17) is 10.2 Å². The van der Waals surface area contributed by atoms with Gasteiger partial charge in [0.1, 0.15) is 0 Å². The van der Waals surface area contributed by atoms with Gasteiger partial charge in [0.05, 0.1) is 16.4 Å². The van der Waals surface area contributed by atoms with Gasteiger partial charge in [-0.2, -0.15) is 0 Å². The average Bonchev–Trinajstić information content (AvgIpc) is 2.24. The van der Waals surface area contributed by atoms with E-state index < -0.39 is 33.1 Å². The highest BCUT2D eigenvalue weighted by Gasteiger charge is 2.18. The van der Waals surface area contributed by atoms with Crippen molar-refractivity contribution in [2.45, 2.75) is 26.7 Å². The van der Waals surface area contributed by atoms with E-state index in [1.54, 1.807) is 19.9 Å². The minimum atomic E-state index is -1.60. The predicted octanol–water partition coefficient (Wildman–Crippen LogP) is 2.04. The van der Waals surface area contributed by atoms with E-state index in [0.29, 0.717) is 14.7 Å². The molecule has 1 aromatic rings. The molecule has 0 atom stereocenters. The van der Waals surface area contributed by atoms with Crippen molar-refractivity contribution in [2.75, 3.05) is 0 Å². The van der Waals surface area contributed by atoms with Crippen molar-refractivity contribution in [1.82, 2.24) is 0 Å². The Balaban J connectivity index is 3.45. The summed E-state index contributed by atoms with van der Waals surface area (Å²) in [5.41, 5.74) is 2.56. The van der Waals surface area contributed by atoms with Crippen molar-refractivity contribution in [1.29, 1.82) is 0 Å². The Hall–Kier alpha value is -1.31. The normalized spacial score (nSPS) is 10.3. The second-order valence-corrected chi connectivity index (χ2v) is 5.51. The maximum Gasteiger partial charge on any atom is 0.307 e. The van der Waals surface area contributed by atoms with Gasteiger partial charge in [0.15, 0.2) is 21.2 Å². The van der Waals surface area contributed by atoms with Gasteiger partial charge in [-0.25, -0.2) is 0 Å². The van der Waals surface area contributed by atoms with Crippen LogP contribution in [0.25, 0.3) is 0 Å². The van der Waals surface area contributed by atoms with E-state index >= 15 is 0 Å². The fourth-order valence-electron chi connectivity index (χ4n) is 1.78.